The molecule has 0 radical (unpaired) electrons. The Morgan fingerprint density at radius 3 is 3.04 bits per heavy atom. The van der Waals surface area contributed by atoms with E-state index < -0.39 is 0 Å². The van der Waals surface area contributed by atoms with Crippen molar-refractivity contribution in [3.8, 4) is 0 Å². The number of hydrogen-bond acceptors (Lipinski definition) is 3. The molecule has 1 amide bonds. The molecule has 1 aromatic heterocycles. The summed E-state index contributed by atoms with van der Waals surface area (Å²) < 4.78 is 0. The maximum absolute atomic E-state index is 12.9. The third-order valence-corrected chi connectivity index (χ3v) is 5.77. The number of aliphatic hydroxyl groups is 1. The Bertz CT molecular complexity index is 754. The maximum atomic E-state index is 12.9. The van der Waals surface area contributed by atoms with Crippen LogP contribution in [0.15, 0.2) is 24.3 Å². The summed E-state index contributed by atoms with van der Waals surface area (Å²) in [6, 6.07) is 8.82. The third kappa shape index (κ3) is 3.31. The Kier molecular flexibility index (Phi) is 4.77. The van der Waals surface area contributed by atoms with Crippen molar-refractivity contribution in [1.82, 2.24) is 14.8 Å². The summed E-state index contributed by atoms with van der Waals surface area (Å²) >= 11 is 0. The summed E-state index contributed by atoms with van der Waals surface area (Å²) in [7, 11) is 0. The molecule has 4 rings (SSSR count). The van der Waals surface area contributed by atoms with Gasteiger partial charge in [-0.1, -0.05) is 18.2 Å². The number of benzene rings is 1. The number of likely N-dealkylation sites (tertiary alicyclic amines) is 1. The number of nitrogens with zero attached hydrogens (tertiary/aromatic N) is 2. The Labute approximate surface area is 148 Å². The van der Waals surface area contributed by atoms with Gasteiger partial charge in [0, 0.05) is 54.3 Å². The fraction of sp³-hybridized carbons (Fsp3) is 0.550. The summed E-state index contributed by atoms with van der Waals surface area (Å²) in [6.07, 6.45) is 5.05. The number of carbonyl (C=O) groups is 1. The third-order valence-electron chi connectivity index (χ3n) is 5.77. The predicted octanol–water partition coefficient (Wildman–Crippen LogP) is 2.29. The van der Waals surface area contributed by atoms with Crippen LogP contribution in [0.4, 0.5) is 0 Å². The molecule has 2 N–H and O–H groups in total. The van der Waals surface area contributed by atoms with Crippen LogP contribution in [0.3, 0.4) is 0 Å². The lowest BCUT2D eigenvalue weighted by molar-refractivity contribution is -0.133. The first kappa shape index (κ1) is 16.6. The average molecular weight is 341 g/mol. The van der Waals surface area contributed by atoms with E-state index in [9.17, 15) is 4.79 Å². The smallest absolute Gasteiger partial charge is 0.237 e. The van der Waals surface area contributed by atoms with E-state index in [4.69, 9.17) is 5.11 Å². The van der Waals surface area contributed by atoms with Crippen LogP contribution >= 0.6 is 0 Å². The highest BCUT2D eigenvalue weighted by atomic mass is 16.3. The van der Waals surface area contributed by atoms with Crippen molar-refractivity contribution < 1.29 is 9.90 Å². The second kappa shape index (κ2) is 7.18. The van der Waals surface area contributed by atoms with Gasteiger partial charge in [-0.3, -0.25) is 9.69 Å². The van der Waals surface area contributed by atoms with Crippen LogP contribution in [0.2, 0.25) is 0 Å². The number of fused-ring (bicyclic) bond motifs is 3. The molecule has 0 spiro atoms. The summed E-state index contributed by atoms with van der Waals surface area (Å²) in [6.45, 7) is 3.29. The van der Waals surface area contributed by atoms with Crippen molar-refractivity contribution in [2.24, 2.45) is 0 Å². The highest BCUT2D eigenvalue weighted by molar-refractivity contribution is 5.86. The molecule has 1 aromatic carbocycles. The van der Waals surface area contributed by atoms with E-state index in [-0.39, 0.29) is 12.5 Å². The number of carbonyl (C=O) groups excluding carboxylic acids is 1. The number of nitrogens with one attached hydrogen (secondary N) is 1. The minimum absolute atomic E-state index is 0.242. The number of rotatable bonds is 5. The van der Waals surface area contributed by atoms with Crippen molar-refractivity contribution in [3.05, 3.63) is 35.5 Å². The largest absolute Gasteiger partial charge is 0.396 e. The number of hydrogen-bond donors (Lipinski definition) is 2. The van der Waals surface area contributed by atoms with Gasteiger partial charge < -0.3 is 15.0 Å². The van der Waals surface area contributed by atoms with Crippen LogP contribution in [0.25, 0.3) is 10.9 Å². The molecule has 0 bridgehead atoms. The van der Waals surface area contributed by atoms with Gasteiger partial charge in [0.2, 0.25) is 5.91 Å². The van der Waals surface area contributed by atoms with Gasteiger partial charge in [-0.15, -0.1) is 0 Å². The van der Waals surface area contributed by atoms with Crippen LogP contribution in [0.1, 0.15) is 36.9 Å². The van der Waals surface area contributed by atoms with Crippen LogP contribution in [0.5, 0.6) is 0 Å². The minimum Gasteiger partial charge on any atom is -0.396 e. The van der Waals surface area contributed by atoms with Gasteiger partial charge in [-0.2, -0.15) is 0 Å². The molecule has 0 aliphatic carbocycles. The van der Waals surface area contributed by atoms with E-state index in [2.05, 4.69) is 28.1 Å². The SMILES string of the molecule is O=C(CN1CCCC1CCCO)N1CCc2[nH]c3ccccc3c2C1. The molecule has 0 saturated carbocycles. The van der Waals surface area contributed by atoms with Gasteiger partial charge in [0.25, 0.3) is 0 Å². The molecular formula is C20H27N3O2. The number of aromatic amines is 1. The molecule has 2 aliphatic heterocycles. The molecule has 25 heavy (non-hydrogen) atoms. The van der Waals surface area contributed by atoms with E-state index in [1.807, 2.05) is 11.0 Å². The molecule has 5 heteroatoms. The lowest BCUT2D eigenvalue weighted by Crippen LogP contribution is -2.44. The van der Waals surface area contributed by atoms with E-state index in [0.29, 0.717) is 19.1 Å². The van der Waals surface area contributed by atoms with Gasteiger partial charge in [-0.25, -0.2) is 0 Å². The zero-order valence-corrected chi connectivity index (χ0v) is 14.7. The zero-order chi connectivity index (χ0) is 17.2. The van der Waals surface area contributed by atoms with Gasteiger partial charge >= 0.3 is 0 Å². The Morgan fingerprint density at radius 2 is 2.16 bits per heavy atom. The minimum atomic E-state index is 0.242. The van der Waals surface area contributed by atoms with Crippen molar-refractivity contribution in [2.45, 2.75) is 44.7 Å². The van der Waals surface area contributed by atoms with Crippen molar-refractivity contribution in [3.63, 3.8) is 0 Å². The number of aliphatic hydroxyl groups excluding tert-OH is 1. The van der Waals surface area contributed by atoms with Gasteiger partial charge in [0.05, 0.1) is 6.54 Å². The highest BCUT2D eigenvalue weighted by Crippen LogP contribution is 2.28. The van der Waals surface area contributed by atoms with Crippen molar-refractivity contribution >= 4 is 16.8 Å². The Morgan fingerprint density at radius 1 is 1.28 bits per heavy atom. The zero-order valence-electron chi connectivity index (χ0n) is 14.7. The average Bonchev–Trinajstić information content (AvgIpc) is 3.23. The second-order valence-electron chi connectivity index (χ2n) is 7.33. The summed E-state index contributed by atoms with van der Waals surface area (Å²) in [4.78, 5) is 20.7. The number of aromatic nitrogens is 1. The fourth-order valence-electron chi connectivity index (χ4n) is 4.41. The van der Waals surface area contributed by atoms with Gasteiger partial charge in [-0.05, 0) is 38.3 Å². The number of para-hydroxylation sites is 1. The van der Waals surface area contributed by atoms with Crippen LogP contribution in [-0.2, 0) is 17.8 Å². The molecule has 2 aromatic rings. The molecule has 5 nitrogen and oxygen atoms in total. The summed E-state index contributed by atoms with van der Waals surface area (Å²) in [5.74, 6) is 0.242. The van der Waals surface area contributed by atoms with Crippen molar-refractivity contribution in [1.29, 1.82) is 0 Å². The van der Waals surface area contributed by atoms with E-state index in [0.717, 1.165) is 45.2 Å². The molecule has 1 unspecified atom stereocenters. The molecule has 1 atom stereocenters. The quantitative estimate of drug-likeness (QED) is 0.877. The standard InChI is InChI=1S/C20H27N3O2/c24-12-4-6-15-5-3-10-22(15)14-20(25)23-11-9-19-17(13-23)16-7-1-2-8-18(16)21-19/h1-2,7-8,15,21,24H,3-6,9-14H2. The number of amides is 1. The highest BCUT2D eigenvalue weighted by Gasteiger charge is 2.29. The van der Waals surface area contributed by atoms with Gasteiger partial charge in [0.15, 0.2) is 0 Å². The molecule has 134 valence electrons. The first-order chi connectivity index (χ1) is 12.3. The Hall–Kier alpha value is -1.85. The molecule has 3 heterocycles. The predicted molar refractivity (Wildman–Crippen MR) is 98.3 cm³/mol. The first-order valence-electron chi connectivity index (χ1n) is 9.47. The lowest BCUT2D eigenvalue weighted by atomic mass is 10.0. The number of H-pyrrole nitrogens is 1. The first-order valence-corrected chi connectivity index (χ1v) is 9.47. The lowest BCUT2D eigenvalue weighted by Gasteiger charge is -2.31. The molecule has 2 aliphatic rings. The van der Waals surface area contributed by atoms with E-state index in [1.54, 1.807) is 0 Å². The van der Waals surface area contributed by atoms with Crippen molar-refractivity contribution in [2.75, 3.05) is 26.2 Å². The second-order valence-corrected chi connectivity index (χ2v) is 7.33. The summed E-state index contributed by atoms with van der Waals surface area (Å²) in [5.41, 5.74) is 3.74. The topological polar surface area (TPSA) is 59.6 Å². The fourth-order valence-corrected chi connectivity index (χ4v) is 4.41. The van der Waals surface area contributed by atoms with Crippen LogP contribution < -0.4 is 0 Å². The maximum Gasteiger partial charge on any atom is 0.237 e. The monoisotopic (exact) mass is 341 g/mol. The molecule has 1 fully saturated rings. The Balaban J connectivity index is 1.43. The molecular weight excluding hydrogens is 314 g/mol. The van der Waals surface area contributed by atoms with Crippen LogP contribution in [-0.4, -0.2) is 58.1 Å². The molecule has 1 saturated heterocycles. The van der Waals surface area contributed by atoms with Gasteiger partial charge in [0.1, 0.15) is 0 Å². The van der Waals surface area contributed by atoms with Crippen LogP contribution in [0, 0.1) is 0 Å². The van der Waals surface area contributed by atoms with E-state index in [1.165, 1.54) is 22.2 Å². The van der Waals surface area contributed by atoms with E-state index >= 15 is 0 Å². The summed E-state index contributed by atoms with van der Waals surface area (Å²) in [5, 5.41) is 10.3. The normalized spacial score (nSPS) is 21.0.